The van der Waals surface area contributed by atoms with Gasteiger partial charge < -0.3 is 10.5 Å². The van der Waals surface area contributed by atoms with Crippen molar-refractivity contribution >= 4 is 0 Å². The number of methoxy groups -OCH3 is 1. The van der Waals surface area contributed by atoms with Gasteiger partial charge in [-0.1, -0.05) is 6.42 Å². The average Bonchev–Trinajstić information content (AvgIpc) is 3.01. The molecule has 0 amide bonds. The first kappa shape index (κ1) is 9.47. The van der Waals surface area contributed by atoms with Crippen molar-refractivity contribution in [2.75, 3.05) is 13.7 Å². The predicted octanol–water partition coefficient (Wildman–Crippen LogP) is 1.93. The minimum absolute atomic E-state index is 0.0332. The molecule has 0 aliphatic heterocycles. The third-order valence-corrected chi connectivity index (χ3v) is 3.94. The van der Waals surface area contributed by atoms with Crippen LogP contribution in [0.15, 0.2) is 0 Å². The second-order valence-electron chi connectivity index (χ2n) is 4.79. The highest BCUT2D eigenvalue weighted by Gasteiger charge is 2.41. The molecular weight excluding hydrogens is 162 g/mol. The highest BCUT2D eigenvalue weighted by atomic mass is 16.5. The van der Waals surface area contributed by atoms with Gasteiger partial charge in [-0.3, -0.25) is 0 Å². The fourth-order valence-corrected chi connectivity index (χ4v) is 2.79. The molecule has 0 aromatic rings. The lowest BCUT2D eigenvalue weighted by atomic mass is 9.76. The van der Waals surface area contributed by atoms with E-state index in [1.807, 2.05) is 7.11 Å². The smallest absolute Gasteiger partial charge is 0.0803 e. The predicted molar refractivity (Wildman–Crippen MR) is 53.5 cm³/mol. The molecule has 2 atom stereocenters. The molecule has 0 bridgehead atoms. The van der Waals surface area contributed by atoms with Gasteiger partial charge in [0, 0.05) is 13.7 Å². The summed E-state index contributed by atoms with van der Waals surface area (Å²) >= 11 is 0. The van der Waals surface area contributed by atoms with Crippen LogP contribution in [-0.4, -0.2) is 19.3 Å². The number of nitrogens with two attached hydrogens (primary N) is 1. The summed E-state index contributed by atoms with van der Waals surface area (Å²) in [5.74, 6) is 1.93. The van der Waals surface area contributed by atoms with Crippen LogP contribution in [0, 0.1) is 11.8 Å². The lowest BCUT2D eigenvalue weighted by molar-refractivity contribution is -0.0501. The molecule has 0 heterocycles. The van der Waals surface area contributed by atoms with Gasteiger partial charge in [-0.15, -0.1) is 0 Å². The van der Waals surface area contributed by atoms with Crippen molar-refractivity contribution in [3.05, 3.63) is 0 Å². The van der Waals surface area contributed by atoms with Crippen LogP contribution in [0.5, 0.6) is 0 Å². The zero-order valence-electron chi connectivity index (χ0n) is 8.59. The summed E-state index contributed by atoms with van der Waals surface area (Å²) in [4.78, 5) is 0. The van der Waals surface area contributed by atoms with E-state index in [0.717, 1.165) is 11.8 Å². The SMILES string of the molecule is COC1(CN)CCCC(C2CC2)C1. The average molecular weight is 183 g/mol. The summed E-state index contributed by atoms with van der Waals surface area (Å²) < 4.78 is 5.61. The quantitative estimate of drug-likeness (QED) is 0.725. The first-order chi connectivity index (χ1) is 6.29. The zero-order chi connectivity index (χ0) is 9.31. The van der Waals surface area contributed by atoms with Crippen LogP contribution in [0.4, 0.5) is 0 Å². The van der Waals surface area contributed by atoms with Crippen LogP contribution >= 0.6 is 0 Å². The Bertz CT molecular complexity index is 173. The fraction of sp³-hybridized carbons (Fsp3) is 1.00. The summed E-state index contributed by atoms with van der Waals surface area (Å²) in [6.07, 6.45) is 8.01. The second kappa shape index (κ2) is 3.58. The highest BCUT2D eigenvalue weighted by Crippen LogP contribution is 2.47. The van der Waals surface area contributed by atoms with Gasteiger partial charge in [-0.25, -0.2) is 0 Å². The molecule has 2 aliphatic rings. The Morgan fingerprint density at radius 2 is 2.08 bits per heavy atom. The van der Waals surface area contributed by atoms with Crippen LogP contribution in [0.2, 0.25) is 0 Å². The molecule has 76 valence electrons. The van der Waals surface area contributed by atoms with Crippen molar-refractivity contribution in [2.45, 2.75) is 44.1 Å². The molecular formula is C11H21NO. The van der Waals surface area contributed by atoms with Gasteiger partial charge >= 0.3 is 0 Å². The maximum Gasteiger partial charge on any atom is 0.0803 e. The Kier molecular flexibility index (Phi) is 2.61. The van der Waals surface area contributed by atoms with Gasteiger partial charge in [0.2, 0.25) is 0 Å². The Balaban J connectivity index is 1.96. The second-order valence-corrected chi connectivity index (χ2v) is 4.79. The Hall–Kier alpha value is -0.0800. The van der Waals surface area contributed by atoms with Crippen molar-refractivity contribution in [3.8, 4) is 0 Å². The Morgan fingerprint density at radius 3 is 2.62 bits per heavy atom. The van der Waals surface area contributed by atoms with E-state index >= 15 is 0 Å². The summed E-state index contributed by atoms with van der Waals surface area (Å²) in [5.41, 5.74) is 5.84. The van der Waals surface area contributed by atoms with E-state index in [0.29, 0.717) is 6.54 Å². The van der Waals surface area contributed by atoms with E-state index in [4.69, 9.17) is 10.5 Å². The third kappa shape index (κ3) is 1.89. The Labute approximate surface area is 80.8 Å². The van der Waals surface area contributed by atoms with Gasteiger partial charge in [0.25, 0.3) is 0 Å². The molecule has 0 aromatic carbocycles. The van der Waals surface area contributed by atoms with Crippen molar-refractivity contribution in [2.24, 2.45) is 17.6 Å². The molecule has 0 radical (unpaired) electrons. The van der Waals surface area contributed by atoms with E-state index in [1.54, 1.807) is 0 Å². The Morgan fingerprint density at radius 1 is 1.31 bits per heavy atom. The van der Waals surface area contributed by atoms with Gasteiger partial charge in [0.15, 0.2) is 0 Å². The lowest BCUT2D eigenvalue weighted by Gasteiger charge is -2.39. The molecule has 2 saturated carbocycles. The summed E-state index contributed by atoms with van der Waals surface area (Å²) in [6, 6.07) is 0. The van der Waals surface area contributed by atoms with Gasteiger partial charge in [-0.2, -0.15) is 0 Å². The van der Waals surface area contributed by atoms with Crippen molar-refractivity contribution < 1.29 is 4.74 Å². The first-order valence-corrected chi connectivity index (χ1v) is 5.55. The van der Waals surface area contributed by atoms with Crippen LogP contribution < -0.4 is 5.73 Å². The minimum Gasteiger partial charge on any atom is -0.377 e. The van der Waals surface area contributed by atoms with E-state index in [9.17, 15) is 0 Å². The number of hydrogen-bond donors (Lipinski definition) is 1. The molecule has 2 N–H and O–H groups in total. The molecule has 2 nitrogen and oxygen atoms in total. The van der Waals surface area contributed by atoms with Crippen molar-refractivity contribution in [1.82, 2.24) is 0 Å². The molecule has 13 heavy (non-hydrogen) atoms. The maximum atomic E-state index is 5.81. The molecule has 2 heteroatoms. The summed E-state index contributed by atoms with van der Waals surface area (Å²) in [6.45, 7) is 0.701. The molecule has 2 unspecified atom stereocenters. The van der Waals surface area contributed by atoms with E-state index in [-0.39, 0.29) is 5.60 Å². The maximum absolute atomic E-state index is 5.81. The van der Waals surface area contributed by atoms with Gasteiger partial charge in [0.05, 0.1) is 5.60 Å². The lowest BCUT2D eigenvalue weighted by Crippen LogP contribution is -2.44. The molecule has 2 fully saturated rings. The van der Waals surface area contributed by atoms with Crippen LogP contribution in [-0.2, 0) is 4.74 Å². The molecule has 2 aliphatic carbocycles. The largest absolute Gasteiger partial charge is 0.377 e. The molecule has 2 rings (SSSR count). The third-order valence-electron chi connectivity index (χ3n) is 3.94. The molecule has 0 spiro atoms. The first-order valence-electron chi connectivity index (χ1n) is 5.55. The van der Waals surface area contributed by atoms with E-state index in [2.05, 4.69) is 0 Å². The summed E-state index contributed by atoms with van der Waals surface area (Å²) in [7, 11) is 1.82. The zero-order valence-corrected chi connectivity index (χ0v) is 8.59. The summed E-state index contributed by atoms with van der Waals surface area (Å²) in [5, 5.41) is 0. The number of ether oxygens (including phenoxy) is 1. The standard InChI is InChI=1S/C11H21NO/c1-13-11(8-12)6-2-3-10(7-11)9-4-5-9/h9-10H,2-8,12H2,1H3. The topological polar surface area (TPSA) is 35.2 Å². The van der Waals surface area contributed by atoms with Crippen LogP contribution in [0.3, 0.4) is 0 Å². The number of rotatable bonds is 3. The monoisotopic (exact) mass is 183 g/mol. The minimum atomic E-state index is 0.0332. The molecule has 0 aromatic heterocycles. The van der Waals surface area contributed by atoms with E-state index < -0.39 is 0 Å². The molecule has 0 saturated heterocycles. The number of hydrogen-bond acceptors (Lipinski definition) is 2. The fourth-order valence-electron chi connectivity index (χ4n) is 2.79. The van der Waals surface area contributed by atoms with Gasteiger partial charge in [0.1, 0.15) is 0 Å². The van der Waals surface area contributed by atoms with Crippen molar-refractivity contribution in [1.29, 1.82) is 0 Å². The van der Waals surface area contributed by atoms with Crippen LogP contribution in [0.25, 0.3) is 0 Å². The van der Waals surface area contributed by atoms with Crippen molar-refractivity contribution in [3.63, 3.8) is 0 Å². The van der Waals surface area contributed by atoms with E-state index in [1.165, 1.54) is 38.5 Å². The van der Waals surface area contributed by atoms with Gasteiger partial charge in [-0.05, 0) is 43.9 Å². The normalized spacial score (nSPS) is 40.6. The highest BCUT2D eigenvalue weighted by molar-refractivity contribution is 4.94. The van der Waals surface area contributed by atoms with Crippen LogP contribution in [0.1, 0.15) is 38.5 Å².